The third-order valence-corrected chi connectivity index (χ3v) is 4.07. The number of nitrogens with zero attached hydrogens (tertiary/aromatic N) is 3. The molecule has 1 amide bonds. The number of carbonyl (C=O) groups is 1. The second kappa shape index (κ2) is 7.43. The Balaban J connectivity index is 1.69. The topological polar surface area (TPSA) is 80.9 Å². The third-order valence-electron chi connectivity index (χ3n) is 3.16. The van der Waals surface area contributed by atoms with Gasteiger partial charge in [-0.2, -0.15) is 0 Å². The summed E-state index contributed by atoms with van der Waals surface area (Å²) in [5.74, 6) is 1.01. The normalized spacial score (nSPS) is 10.7. The van der Waals surface area contributed by atoms with Crippen molar-refractivity contribution in [2.75, 3.05) is 11.1 Å². The van der Waals surface area contributed by atoms with Crippen LogP contribution in [0, 0.1) is 19.7 Å². The lowest BCUT2D eigenvalue weighted by Gasteiger charge is -2.06. The summed E-state index contributed by atoms with van der Waals surface area (Å²) in [6, 6.07) is 9.51. The van der Waals surface area contributed by atoms with Crippen molar-refractivity contribution in [3.05, 3.63) is 53.7 Å². The van der Waals surface area contributed by atoms with Gasteiger partial charge in [0.2, 0.25) is 5.91 Å². The zero-order valence-corrected chi connectivity index (χ0v) is 14.4. The lowest BCUT2D eigenvalue weighted by molar-refractivity contribution is -0.113. The van der Waals surface area contributed by atoms with E-state index in [1.54, 1.807) is 31.2 Å². The quantitative estimate of drug-likeness (QED) is 0.554. The Kier molecular flexibility index (Phi) is 5.08. The monoisotopic (exact) mass is 358 g/mol. The lowest BCUT2D eigenvalue weighted by atomic mass is 10.2. The second-order valence-electron chi connectivity index (χ2n) is 5.34. The molecule has 0 aliphatic heterocycles. The molecule has 0 unspecified atom stereocenters. The van der Waals surface area contributed by atoms with Gasteiger partial charge in [-0.15, -0.1) is 0 Å². The van der Waals surface area contributed by atoms with Gasteiger partial charge < -0.3 is 9.84 Å². The minimum absolute atomic E-state index is 0.158. The maximum absolute atomic E-state index is 13.4. The van der Waals surface area contributed by atoms with Crippen LogP contribution < -0.4 is 5.32 Å². The zero-order chi connectivity index (χ0) is 17.8. The van der Waals surface area contributed by atoms with Gasteiger partial charge in [0.1, 0.15) is 16.6 Å². The molecule has 0 aliphatic carbocycles. The smallest absolute Gasteiger partial charge is 0.236 e. The first-order valence-corrected chi connectivity index (χ1v) is 8.46. The van der Waals surface area contributed by atoms with Crippen molar-refractivity contribution < 1.29 is 13.7 Å². The molecule has 25 heavy (non-hydrogen) atoms. The van der Waals surface area contributed by atoms with E-state index in [0.717, 1.165) is 5.69 Å². The minimum Gasteiger partial charge on any atom is -0.360 e. The van der Waals surface area contributed by atoms with E-state index in [9.17, 15) is 9.18 Å². The number of hydrogen-bond donors (Lipinski definition) is 1. The molecule has 8 heteroatoms. The average molecular weight is 358 g/mol. The van der Waals surface area contributed by atoms with Gasteiger partial charge in [0.25, 0.3) is 0 Å². The first-order chi connectivity index (χ1) is 12.0. The Morgan fingerprint density at radius 3 is 2.80 bits per heavy atom. The van der Waals surface area contributed by atoms with Gasteiger partial charge in [-0.25, -0.2) is 14.4 Å². The Morgan fingerprint density at radius 1 is 1.24 bits per heavy atom. The summed E-state index contributed by atoms with van der Waals surface area (Å²) in [6.45, 7) is 3.57. The molecule has 0 fully saturated rings. The Morgan fingerprint density at radius 2 is 2.08 bits per heavy atom. The molecule has 1 N–H and O–H groups in total. The summed E-state index contributed by atoms with van der Waals surface area (Å²) >= 11 is 1.27. The van der Waals surface area contributed by atoms with Gasteiger partial charge in [0.15, 0.2) is 11.6 Å². The van der Waals surface area contributed by atoms with Crippen molar-refractivity contribution in [1.82, 2.24) is 15.1 Å². The van der Waals surface area contributed by atoms with Crippen molar-refractivity contribution in [3.63, 3.8) is 0 Å². The molecule has 3 rings (SSSR count). The number of benzene rings is 1. The number of aromatic nitrogens is 3. The van der Waals surface area contributed by atoms with Crippen molar-refractivity contribution in [2.24, 2.45) is 0 Å². The summed E-state index contributed by atoms with van der Waals surface area (Å²) in [7, 11) is 0. The molecule has 0 saturated carbocycles. The predicted octanol–water partition coefficient (Wildman–Crippen LogP) is 3.62. The Bertz CT molecular complexity index is 913. The lowest BCUT2D eigenvalue weighted by Crippen LogP contribution is -2.14. The number of aryl methyl sites for hydroxylation is 2. The summed E-state index contributed by atoms with van der Waals surface area (Å²) < 4.78 is 18.3. The molecular weight excluding hydrogens is 343 g/mol. The highest BCUT2D eigenvalue weighted by molar-refractivity contribution is 7.99. The van der Waals surface area contributed by atoms with Crippen LogP contribution in [-0.4, -0.2) is 26.8 Å². The average Bonchev–Trinajstić information content (AvgIpc) is 2.97. The third kappa shape index (κ3) is 4.63. The predicted molar refractivity (Wildman–Crippen MR) is 92.8 cm³/mol. The fourth-order valence-corrected chi connectivity index (χ4v) is 2.87. The van der Waals surface area contributed by atoms with Crippen LogP contribution >= 0.6 is 11.8 Å². The van der Waals surface area contributed by atoms with Crippen LogP contribution in [0.1, 0.15) is 11.5 Å². The SMILES string of the molecule is Cc1cc(SCC(=O)Nc2cc(C)on2)nc(-c2cccc(F)c2)n1. The van der Waals surface area contributed by atoms with Crippen molar-refractivity contribution in [1.29, 1.82) is 0 Å². The van der Waals surface area contributed by atoms with Crippen LogP contribution in [-0.2, 0) is 4.79 Å². The summed E-state index contributed by atoms with van der Waals surface area (Å²) in [6.07, 6.45) is 0. The number of carbonyl (C=O) groups excluding carboxylic acids is 1. The van der Waals surface area contributed by atoms with Crippen LogP contribution in [0.15, 0.2) is 45.9 Å². The summed E-state index contributed by atoms with van der Waals surface area (Å²) in [5, 5.41) is 6.99. The van der Waals surface area contributed by atoms with E-state index in [2.05, 4.69) is 20.4 Å². The molecule has 6 nitrogen and oxygen atoms in total. The molecule has 2 aromatic heterocycles. The van der Waals surface area contributed by atoms with E-state index in [4.69, 9.17) is 4.52 Å². The first-order valence-electron chi connectivity index (χ1n) is 7.47. The minimum atomic E-state index is -0.348. The van der Waals surface area contributed by atoms with Crippen LogP contribution in [0.3, 0.4) is 0 Å². The van der Waals surface area contributed by atoms with E-state index in [1.165, 1.54) is 23.9 Å². The highest BCUT2D eigenvalue weighted by atomic mass is 32.2. The van der Waals surface area contributed by atoms with E-state index in [0.29, 0.717) is 28.0 Å². The Labute approximate surface area is 147 Å². The highest BCUT2D eigenvalue weighted by Gasteiger charge is 2.10. The van der Waals surface area contributed by atoms with Crippen LogP contribution in [0.5, 0.6) is 0 Å². The number of hydrogen-bond acceptors (Lipinski definition) is 6. The van der Waals surface area contributed by atoms with Crippen molar-refractivity contribution in [3.8, 4) is 11.4 Å². The standard InChI is InChI=1S/C17H15FN4O2S/c1-10-6-16(21-17(19-10)12-4-3-5-13(18)8-12)25-9-15(23)20-14-7-11(2)24-22-14/h3-8H,9H2,1-2H3,(H,20,22,23). The van der Waals surface area contributed by atoms with Crippen LogP contribution in [0.2, 0.25) is 0 Å². The fraction of sp³-hybridized carbons (Fsp3) is 0.176. The molecular formula is C17H15FN4O2S. The molecule has 3 aromatic rings. The van der Waals surface area contributed by atoms with E-state index >= 15 is 0 Å². The number of nitrogens with one attached hydrogen (secondary N) is 1. The van der Waals surface area contributed by atoms with Crippen LogP contribution in [0.4, 0.5) is 10.2 Å². The van der Waals surface area contributed by atoms with Gasteiger partial charge in [-0.1, -0.05) is 29.1 Å². The number of halogens is 1. The molecule has 0 radical (unpaired) electrons. The molecule has 0 bridgehead atoms. The van der Waals surface area contributed by atoms with E-state index in [-0.39, 0.29) is 17.5 Å². The number of amides is 1. The van der Waals surface area contributed by atoms with Gasteiger partial charge in [-0.3, -0.25) is 4.79 Å². The molecule has 0 atom stereocenters. The largest absolute Gasteiger partial charge is 0.360 e. The van der Waals surface area contributed by atoms with Crippen LogP contribution in [0.25, 0.3) is 11.4 Å². The number of rotatable bonds is 5. The van der Waals surface area contributed by atoms with E-state index < -0.39 is 0 Å². The summed E-state index contributed by atoms with van der Waals surface area (Å²) in [4.78, 5) is 20.7. The first kappa shape index (κ1) is 17.1. The van der Waals surface area contributed by atoms with E-state index in [1.807, 2.05) is 6.92 Å². The Hall–Kier alpha value is -2.74. The van der Waals surface area contributed by atoms with Crippen molar-refractivity contribution in [2.45, 2.75) is 18.9 Å². The second-order valence-corrected chi connectivity index (χ2v) is 6.34. The molecule has 2 heterocycles. The van der Waals surface area contributed by atoms with Gasteiger partial charge in [0, 0.05) is 17.3 Å². The van der Waals surface area contributed by atoms with Gasteiger partial charge in [0.05, 0.1) is 5.75 Å². The zero-order valence-electron chi connectivity index (χ0n) is 13.6. The van der Waals surface area contributed by atoms with Crippen molar-refractivity contribution >= 4 is 23.5 Å². The number of anilines is 1. The molecule has 0 spiro atoms. The van der Waals surface area contributed by atoms with Gasteiger partial charge in [-0.05, 0) is 32.0 Å². The van der Waals surface area contributed by atoms with Gasteiger partial charge >= 0.3 is 0 Å². The molecule has 1 aromatic carbocycles. The maximum Gasteiger partial charge on any atom is 0.236 e. The maximum atomic E-state index is 13.4. The molecule has 128 valence electrons. The molecule has 0 saturated heterocycles. The molecule has 0 aliphatic rings. The number of thioether (sulfide) groups is 1. The highest BCUT2D eigenvalue weighted by Crippen LogP contribution is 2.22. The summed E-state index contributed by atoms with van der Waals surface area (Å²) in [5.41, 5.74) is 1.33. The fourth-order valence-electron chi connectivity index (χ4n) is 2.11.